The Bertz CT molecular complexity index is 237. The molecule has 1 heterocycles. The molecule has 0 atom stereocenters. The Kier molecular flexibility index (Phi) is 4.77. The molecular weight excluding hydrogens is 186 g/mol. The van der Waals surface area contributed by atoms with Gasteiger partial charge in [0, 0.05) is 6.54 Å². The number of thioether (sulfide) groups is 1. The number of aryl methyl sites for hydroxylation is 1. The molecule has 0 fully saturated rings. The van der Waals surface area contributed by atoms with Crippen LogP contribution in [0.15, 0.2) is 0 Å². The van der Waals surface area contributed by atoms with Gasteiger partial charge in [0.15, 0.2) is 5.82 Å². The molecule has 6 heteroatoms. The van der Waals surface area contributed by atoms with E-state index in [1.165, 1.54) is 0 Å². The Morgan fingerprint density at radius 2 is 2.38 bits per heavy atom. The van der Waals surface area contributed by atoms with E-state index in [4.69, 9.17) is 0 Å². The topological polar surface area (TPSA) is 55.6 Å². The van der Waals surface area contributed by atoms with E-state index in [1.807, 2.05) is 23.5 Å². The van der Waals surface area contributed by atoms with Crippen LogP contribution in [0.3, 0.4) is 0 Å². The van der Waals surface area contributed by atoms with Crippen LogP contribution in [0.1, 0.15) is 12.2 Å². The van der Waals surface area contributed by atoms with Crippen molar-refractivity contribution in [1.29, 1.82) is 0 Å². The van der Waals surface area contributed by atoms with Crippen molar-refractivity contribution >= 4 is 11.8 Å². The highest BCUT2D eigenvalue weighted by Gasteiger charge is 2.02. The first-order chi connectivity index (χ1) is 6.38. The van der Waals surface area contributed by atoms with E-state index in [0.29, 0.717) is 0 Å². The quantitative estimate of drug-likeness (QED) is 0.664. The second kappa shape index (κ2) is 5.93. The van der Waals surface area contributed by atoms with Gasteiger partial charge in [0.1, 0.15) is 0 Å². The molecule has 0 aromatic carbocycles. The maximum atomic E-state index is 3.92. The minimum Gasteiger partial charge on any atom is -0.313 e. The SMILES string of the molecule is CNCc1nnnn1CCCSC. The summed E-state index contributed by atoms with van der Waals surface area (Å²) in [7, 11) is 1.89. The Morgan fingerprint density at radius 3 is 3.08 bits per heavy atom. The van der Waals surface area contributed by atoms with Crippen LogP contribution in [-0.2, 0) is 13.1 Å². The lowest BCUT2D eigenvalue weighted by Gasteiger charge is -2.02. The largest absolute Gasteiger partial charge is 0.313 e. The Balaban J connectivity index is 2.40. The molecule has 5 nitrogen and oxygen atoms in total. The standard InChI is InChI=1S/C7H15N5S/c1-8-6-7-9-10-11-12(7)4-3-5-13-2/h8H,3-6H2,1-2H3. The molecule has 0 spiro atoms. The number of nitrogens with one attached hydrogen (secondary N) is 1. The highest BCUT2D eigenvalue weighted by atomic mass is 32.2. The van der Waals surface area contributed by atoms with E-state index in [0.717, 1.165) is 31.1 Å². The Morgan fingerprint density at radius 1 is 1.54 bits per heavy atom. The molecular formula is C7H15N5S. The summed E-state index contributed by atoms with van der Waals surface area (Å²) in [6, 6.07) is 0. The first kappa shape index (κ1) is 10.5. The van der Waals surface area contributed by atoms with Gasteiger partial charge in [-0.05, 0) is 35.9 Å². The molecule has 0 aliphatic carbocycles. The van der Waals surface area contributed by atoms with Gasteiger partial charge in [-0.1, -0.05) is 0 Å². The highest BCUT2D eigenvalue weighted by molar-refractivity contribution is 7.98. The van der Waals surface area contributed by atoms with Crippen LogP contribution in [0.25, 0.3) is 0 Å². The Hall–Kier alpha value is -0.620. The van der Waals surface area contributed by atoms with E-state index in [1.54, 1.807) is 0 Å². The van der Waals surface area contributed by atoms with E-state index in [9.17, 15) is 0 Å². The summed E-state index contributed by atoms with van der Waals surface area (Å²) in [6.07, 6.45) is 3.22. The molecule has 0 unspecified atom stereocenters. The second-order valence-electron chi connectivity index (χ2n) is 2.69. The van der Waals surface area contributed by atoms with Crippen LogP contribution in [-0.4, -0.2) is 39.3 Å². The number of nitrogens with zero attached hydrogens (tertiary/aromatic N) is 4. The van der Waals surface area contributed by atoms with Crippen molar-refractivity contribution < 1.29 is 0 Å². The lowest BCUT2D eigenvalue weighted by Crippen LogP contribution is -2.13. The zero-order valence-corrected chi connectivity index (χ0v) is 8.84. The molecule has 13 heavy (non-hydrogen) atoms. The Labute approximate surface area is 82.3 Å². The van der Waals surface area contributed by atoms with E-state index in [2.05, 4.69) is 27.1 Å². The summed E-state index contributed by atoms with van der Waals surface area (Å²) >= 11 is 1.85. The fourth-order valence-corrected chi connectivity index (χ4v) is 1.46. The molecule has 1 aromatic rings. The molecule has 0 saturated heterocycles. The van der Waals surface area contributed by atoms with Crippen molar-refractivity contribution in [1.82, 2.24) is 25.5 Å². The molecule has 0 saturated carbocycles. The lowest BCUT2D eigenvalue weighted by molar-refractivity contribution is 0.547. The summed E-state index contributed by atoms with van der Waals surface area (Å²) in [5.74, 6) is 2.06. The highest BCUT2D eigenvalue weighted by Crippen LogP contribution is 1.99. The van der Waals surface area contributed by atoms with Gasteiger partial charge in [-0.15, -0.1) is 5.10 Å². The smallest absolute Gasteiger partial charge is 0.165 e. The van der Waals surface area contributed by atoms with Crippen LogP contribution in [0.4, 0.5) is 0 Å². The summed E-state index contributed by atoms with van der Waals surface area (Å²) < 4.78 is 1.85. The zero-order chi connectivity index (χ0) is 9.52. The fraction of sp³-hybridized carbons (Fsp3) is 0.857. The normalized spacial score (nSPS) is 10.6. The molecule has 1 N–H and O–H groups in total. The predicted octanol–water partition coefficient (Wildman–Crippen LogP) is 0.146. The summed E-state index contributed by atoms with van der Waals surface area (Å²) in [6.45, 7) is 1.64. The van der Waals surface area contributed by atoms with Gasteiger partial charge in [-0.2, -0.15) is 11.8 Å². The van der Waals surface area contributed by atoms with E-state index < -0.39 is 0 Å². The zero-order valence-electron chi connectivity index (χ0n) is 8.03. The van der Waals surface area contributed by atoms with Gasteiger partial charge in [0.25, 0.3) is 0 Å². The van der Waals surface area contributed by atoms with E-state index in [-0.39, 0.29) is 0 Å². The predicted molar refractivity (Wildman–Crippen MR) is 53.6 cm³/mol. The summed E-state index contributed by atoms with van der Waals surface area (Å²) in [4.78, 5) is 0. The van der Waals surface area contributed by atoms with E-state index >= 15 is 0 Å². The molecule has 74 valence electrons. The third-order valence-corrected chi connectivity index (χ3v) is 2.36. The third kappa shape index (κ3) is 3.31. The third-order valence-electron chi connectivity index (χ3n) is 1.66. The lowest BCUT2D eigenvalue weighted by atomic mass is 10.4. The molecule has 0 aliphatic rings. The number of aromatic nitrogens is 4. The van der Waals surface area contributed by atoms with Gasteiger partial charge in [-0.3, -0.25) is 0 Å². The molecule has 1 aromatic heterocycles. The van der Waals surface area contributed by atoms with Crippen LogP contribution >= 0.6 is 11.8 Å². The van der Waals surface area contributed by atoms with Crippen molar-refractivity contribution in [3.63, 3.8) is 0 Å². The summed E-state index contributed by atoms with van der Waals surface area (Å²) in [5, 5.41) is 14.5. The second-order valence-corrected chi connectivity index (χ2v) is 3.68. The minimum absolute atomic E-state index is 0.728. The van der Waals surface area contributed by atoms with Crippen molar-refractivity contribution in [3.8, 4) is 0 Å². The maximum Gasteiger partial charge on any atom is 0.165 e. The van der Waals surface area contributed by atoms with Crippen LogP contribution in [0, 0.1) is 0 Å². The maximum absolute atomic E-state index is 3.92. The fourth-order valence-electron chi connectivity index (χ4n) is 1.04. The molecule has 0 radical (unpaired) electrons. The first-order valence-corrected chi connectivity index (χ1v) is 5.66. The number of hydrogen-bond acceptors (Lipinski definition) is 5. The first-order valence-electron chi connectivity index (χ1n) is 4.27. The molecule has 1 rings (SSSR count). The van der Waals surface area contributed by atoms with Crippen molar-refractivity contribution in [2.24, 2.45) is 0 Å². The van der Waals surface area contributed by atoms with Crippen molar-refractivity contribution in [2.45, 2.75) is 19.5 Å². The molecule has 0 bridgehead atoms. The number of rotatable bonds is 6. The van der Waals surface area contributed by atoms with Gasteiger partial charge >= 0.3 is 0 Å². The molecule has 0 amide bonds. The van der Waals surface area contributed by atoms with Crippen LogP contribution < -0.4 is 5.32 Å². The minimum atomic E-state index is 0.728. The average Bonchev–Trinajstić information content (AvgIpc) is 2.54. The van der Waals surface area contributed by atoms with Gasteiger partial charge in [0.05, 0.1) is 6.54 Å². The van der Waals surface area contributed by atoms with Gasteiger partial charge in [-0.25, -0.2) is 4.68 Å². The monoisotopic (exact) mass is 201 g/mol. The van der Waals surface area contributed by atoms with Crippen LogP contribution in [0.5, 0.6) is 0 Å². The van der Waals surface area contributed by atoms with Crippen LogP contribution in [0.2, 0.25) is 0 Å². The summed E-state index contributed by atoms with van der Waals surface area (Å²) in [5.41, 5.74) is 0. The van der Waals surface area contributed by atoms with Crippen molar-refractivity contribution in [3.05, 3.63) is 5.82 Å². The van der Waals surface area contributed by atoms with Gasteiger partial charge in [0.2, 0.25) is 0 Å². The average molecular weight is 201 g/mol. The number of tetrazole rings is 1. The van der Waals surface area contributed by atoms with Gasteiger partial charge < -0.3 is 5.32 Å². The number of hydrogen-bond donors (Lipinski definition) is 1. The molecule has 0 aliphatic heterocycles. The van der Waals surface area contributed by atoms with Crippen molar-refractivity contribution in [2.75, 3.05) is 19.1 Å².